The number of hydrogen-bond donors (Lipinski definition) is 2. The molecule has 0 bridgehead atoms. The van der Waals surface area contributed by atoms with Crippen LogP contribution in [0, 0.1) is 5.82 Å². The summed E-state index contributed by atoms with van der Waals surface area (Å²) in [6.07, 6.45) is 1.15. The standard InChI is InChI=1S/C17H13FN4O3/c1-10(23)20-11-6-7-14(18)13(8-11)16(24)21-22-9-19-15-5-3-2-4-12(15)17(22)25/h2-9H,1H3,(H,20,23)(H,21,24). The van der Waals surface area contributed by atoms with Crippen LogP contribution in [0.5, 0.6) is 0 Å². The number of hydrogen-bond acceptors (Lipinski definition) is 4. The minimum Gasteiger partial charge on any atom is -0.326 e. The zero-order chi connectivity index (χ0) is 18.0. The number of carbonyl (C=O) groups excluding carboxylic acids is 2. The third-order valence-corrected chi connectivity index (χ3v) is 3.42. The molecule has 3 rings (SSSR count). The second kappa shape index (κ2) is 6.52. The molecule has 25 heavy (non-hydrogen) atoms. The van der Waals surface area contributed by atoms with E-state index in [0.29, 0.717) is 10.9 Å². The van der Waals surface area contributed by atoms with Crippen molar-refractivity contribution in [1.29, 1.82) is 0 Å². The molecule has 2 amide bonds. The van der Waals surface area contributed by atoms with Gasteiger partial charge in [0.2, 0.25) is 5.91 Å². The van der Waals surface area contributed by atoms with Gasteiger partial charge in [-0.15, -0.1) is 0 Å². The number of aromatic nitrogens is 2. The lowest BCUT2D eigenvalue weighted by Gasteiger charge is -2.10. The molecule has 3 aromatic rings. The maximum Gasteiger partial charge on any atom is 0.280 e. The number of rotatable bonds is 3. The van der Waals surface area contributed by atoms with E-state index in [-0.39, 0.29) is 17.2 Å². The van der Waals surface area contributed by atoms with E-state index in [1.807, 2.05) is 0 Å². The molecule has 0 aliphatic rings. The van der Waals surface area contributed by atoms with Crippen molar-refractivity contribution in [2.75, 3.05) is 10.7 Å². The van der Waals surface area contributed by atoms with Crippen LogP contribution < -0.4 is 16.3 Å². The Morgan fingerprint density at radius 3 is 2.68 bits per heavy atom. The van der Waals surface area contributed by atoms with Crippen molar-refractivity contribution >= 4 is 28.4 Å². The SMILES string of the molecule is CC(=O)Nc1ccc(F)c(C(=O)Nn2cnc3ccccc3c2=O)c1. The van der Waals surface area contributed by atoms with Crippen molar-refractivity contribution in [3.8, 4) is 0 Å². The van der Waals surface area contributed by atoms with Crippen LogP contribution >= 0.6 is 0 Å². The van der Waals surface area contributed by atoms with Crippen molar-refractivity contribution in [1.82, 2.24) is 9.66 Å². The molecule has 1 aromatic heterocycles. The van der Waals surface area contributed by atoms with Gasteiger partial charge in [-0.25, -0.2) is 14.1 Å². The number of benzene rings is 2. The highest BCUT2D eigenvalue weighted by Gasteiger charge is 2.14. The molecular weight excluding hydrogens is 327 g/mol. The van der Waals surface area contributed by atoms with Crippen molar-refractivity contribution in [3.63, 3.8) is 0 Å². The number of nitrogens with one attached hydrogen (secondary N) is 2. The molecule has 0 saturated heterocycles. The fourth-order valence-electron chi connectivity index (χ4n) is 2.30. The van der Waals surface area contributed by atoms with Gasteiger partial charge in [-0.2, -0.15) is 0 Å². The highest BCUT2D eigenvalue weighted by atomic mass is 19.1. The van der Waals surface area contributed by atoms with Gasteiger partial charge in [0.15, 0.2) is 0 Å². The Balaban J connectivity index is 1.94. The van der Waals surface area contributed by atoms with Crippen molar-refractivity contribution < 1.29 is 14.0 Å². The first-order valence-electron chi connectivity index (χ1n) is 7.30. The fraction of sp³-hybridized carbons (Fsp3) is 0.0588. The quantitative estimate of drug-likeness (QED) is 0.761. The van der Waals surface area contributed by atoms with E-state index in [9.17, 15) is 18.8 Å². The maximum atomic E-state index is 13.9. The first kappa shape index (κ1) is 16.3. The van der Waals surface area contributed by atoms with Gasteiger partial charge in [0.25, 0.3) is 11.5 Å². The Labute approximate surface area is 141 Å². The molecule has 0 spiro atoms. The summed E-state index contributed by atoms with van der Waals surface area (Å²) in [5.41, 5.74) is 2.24. The molecule has 2 aromatic carbocycles. The summed E-state index contributed by atoms with van der Waals surface area (Å²) in [7, 11) is 0. The highest BCUT2D eigenvalue weighted by Crippen LogP contribution is 2.15. The Bertz CT molecular complexity index is 1050. The summed E-state index contributed by atoms with van der Waals surface area (Å²) in [6, 6.07) is 10.2. The summed E-state index contributed by atoms with van der Waals surface area (Å²) in [5.74, 6) is -1.98. The Morgan fingerprint density at radius 2 is 1.92 bits per heavy atom. The predicted molar refractivity (Wildman–Crippen MR) is 90.4 cm³/mol. The molecule has 7 nitrogen and oxygen atoms in total. The average Bonchev–Trinajstić information content (AvgIpc) is 2.59. The Kier molecular flexibility index (Phi) is 4.25. The second-order valence-corrected chi connectivity index (χ2v) is 5.25. The third-order valence-electron chi connectivity index (χ3n) is 3.42. The van der Waals surface area contributed by atoms with E-state index in [0.717, 1.165) is 17.1 Å². The van der Waals surface area contributed by atoms with Crippen LogP contribution in [0.2, 0.25) is 0 Å². The molecule has 0 aliphatic carbocycles. The number of para-hydroxylation sites is 1. The molecular formula is C17H13FN4O3. The van der Waals surface area contributed by atoms with Crippen molar-refractivity contribution in [2.45, 2.75) is 6.92 Å². The molecule has 8 heteroatoms. The number of carbonyl (C=O) groups is 2. The Morgan fingerprint density at radius 1 is 1.16 bits per heavy atom. The van der Waals surface area contributed by atoms with Crippen LogP contribution in [0.1, 0.15) is 17.3 Å². The first-order valence-corrected chi connectivity index (χ1v) is 7.30. The summed E-state index contributed by atoms with van der Waals surface area (Å²) in [4.78, 5) is 39.8. The van der Waals surface area contributed by atoms with Crippen molar-refractivity contribution in [2.24, 2.45) is 0 Å². The maximum absolute atomic E-state index is 13.9. The van der Waals surface area contributed by atoms with Gasteiger partial charge in [0, 0.05) is 12.6 Å². The van der Waals surface area contributed by atoms with Crippen molar-refractivity contribution in [3.05, 3.63) is 70.5 Å². The molecule has 2 N–H and O–H groups in total. The smallest absolute Gasteiger partial charge is 0.280 e. The first-order chi connectivity index (χ1) is 12.0. The largest absolute Gasteiger partial charge is 0.326 e. The lowest BCUT2D eigenvalue weighted by Crippen LogP contribution is -2.33. The van der Waals surface area contributed by atoms with Gasteiger partial charge >= 0.3 is 0 Å². The molecule has 1 heterocycles. The van der Waals surface area contributed by atoms with E-state index in [2.05, 4.69) is 15.7 Å². The summed E-state index contributed by atoms with van der Waals surface area (Å²) in [5, 5.41) is 2.78. The topological polar surface area (TPSA) is 93.1 Å². The normalized spacial score (nSPS) is 10.5. The Hall–Kier alpha value is -3.55. The monoisotopic (exact) mass is 340 g/mol. The zero-order valence-corrected chi connectivity index (χ0v) is 13.1. The van der Waals surface area contributed by atoms with Crippen LogP contribution in [0.3, 0.4) is 0 Å². The number of anilines is 1. The van der Waals surface area contributed by atoms with E-state index in [1.54, 1.807) is 24.3 Å². The van der Waals surface area contributed by atoms with Gasteiger partial charge < -0.3 is 5.32 Å². The molecule has 0 unspecified atom stereocenters. The number of halogens is 1. The molecule has 0 fully saturated rings. The van der Waals surface area contributed by atoms with Crippen LogP contribution in [-0.4, -0.2) is 21.5 Å². The minimum atomic E-state index is -0.844. The minimum absolute atomic E-state index is 0.267. The van der Waals surface area contributed by atoms with E-state index in [1.165, 1.54) is 19.1 Å². The molecule has 0 saturated carbocycles. The number of nitrogens with zero attached hydrogens (tertiary/aromatic N) is 2. The third kappa shape index (κ3) is 3.37. The van der Waals surface area contributed by atoms with Crippen LogP contribution in [-0.2, 0) is 4.79 Å². The fourth-order valence-corrected chi connectivity index (χ4v) is 2.30. The molecule has 0 radical (unpaired) electrons. The molecule has 0 aliphatic heterocycles. The second-order valence-electron chi connectivity index (χ2n) is 5.25. The highest BCUT2D eigenvalue weighted by molar-refractivity contribution is 6.01. The number of amides is 2. The zero-order valence-electron chi connectivity index (χ0n) is 13.1. The van der Waals surface area contributed by atoms with Gasteiger partial charge in [0.1, 0.15) is 12.1 Å². The lowest BCUT2D eigenvalue weighted by atomic mass is 10.1. The average molecular weight is 340 g/mol. The summed E-state index contributed by atoms with van der Waals surface area (Å²) < 4.78 is 14.8. The van der Waals surface area contributed by atoms with E-state index in [4.69, 9.17) is 0 Å². The summed E-state index contributed by atoms with van der Waals surface area (Å²) >= 11 is 0. The number of fused-ring (bicyclic) bond motifs is 1. The van der Waals surface area contributed by atoms with E-state index < -0.39 is 17.3 Å². The van der Waals surface area contributed by atoms with Gasteiger partial charge in [-0.3, -0.25) is 19.8 Å². The summed E-state index contributed by atoms with van der Waals surface area (Å²) in [6.45, 7) is 1.30. The van der Waals surface area contributed by atoms with E-state index >= 15 is 0 Å². The van der Waals surface area contributed by atoms with Gasteiger partial charge in [0.05, 0.1) is 16.5 Å². The molecule has 126 valence electrons. The van der Waals surface area contributed by atoms with Gasteiger partial charge in [-0.1, -0.05) is 12.1 Å². The lowest BCUT2D eigenvalue weighted by molar-refractivity contribution is -0.114. The van der Waals surface area contributed by atoms with Gasteiger partial charge in [-0.05, 0) is 30.3 Å². The van der Waals surface area contributed by atoms with Crippen LogP contribution in [0.4, 0.5) is 10.1 Å². The van der Waals surface area contributed by atoms with Crippen LogP contribution in [0.15, 0.2) is 53.6 Å². The predicted octanol–water partition coefficient (Wildman–Crippen LogP) is 1.88. The molecule has 0 atom stereocenters. The van der Waals surface area contributed by atoms with Crippen LogP contribution in [0.25, 0.3) is 10.9 Å².